The number of phenols is 1. The molecule has 1 atom stereocenters. The van der Waals surface area contributed by atoms with E-state index in [-0.39, 0.29) is 11.4 Å². The van der Waals surface area contributed by atoms with Crippen molar-refractivity contribution in [2.45, 2.75) is 38.8 Å². The topological polar surface area (TPSA) is 76.3 Å². The molecule has 0 aliphatic carbocycles. The van der Waals surface area contributed by atoms with Crippen LogP contribution in [-0.4, -0.2) is 24.4 Å². The molecule has 1 saturated heterocycles. The molecule has 5 nitrogen and oxygen atoms in total. The van der Waals surface area contributed by atoms with Gasteiger partial charge in [-0.25, -0.2) is 4.79 Å². The van der Waals surface area contributed by atoms with Gasteiger partial charge in [-0.05, 0) is 30.9 Å². The fraction of sp³-hybridized carbons (Fsp3) is 0.471. The molecule has 0 spiro atoms. The summed E-state index contributed by atoms with van der Waals surface area (Å²) in [5, 5.41) is 13.0. The summed E-state index contributed by atoms with van der Waals surface area (Å²) in [4.78, 5) is 11.7. The average Bonchev–Trinajstić information content (AvgIpc) is 2.99. The maximum absolute atomic E-state index is 11.7. The van der Waals surface area contributed by atoms with Gasteiger partial charge >= 0.3 is 5.63 Å². The molecule has 0 amide bonds. The number of rotatable bonds is 5. The number of fused-ring (bicyclic) bond motifs is 1. The summed E-state index contributed by atoms with van der Waals surface area (Å²) in [7, 11) is 0. The summed E-state index contributed by atoms with van der Waals surface area (Å²) >= 11 is 0. The molecule has 0 bridgehead atoms. The van der Waals surface area contributed by atoms with Crippen molar-refractivity contribution < 1.29 is 19.6 Å². The van der Waals surface area contributed by atoms with Crippen LogP contribution in [0.15, 0.2) is 27.4 Å². The number of nitrogens with two attached hydrogens (primary N) is 1. The van der Waals surface area contributed by atoms with Crippen molar-refractivity contribution in [3.63, 3.8) is 0 Å². The molecular weight excluding hydrogens is 282 g/mol. The largest absolute Gasteiger partial charge is 0.508 e. The fourth-order valence-electron chi connectivity index (χ4n) is 3.01. The zero-order valence-corrected chi connectivity index (χ0v) is 12.8. The summed E-state index contributed by atoms with van der Waals surface area (Å²) in [5.41, 5.74) is 1.88. The van der Waals surface area contributed by atoms with Crippen LogP contribution >= 0.6 is 0 Å². The molecule has 22 heavy (non-hydrogen) atoms. The van der Waals surface area contributed by atoms with Gasteiger partial charge in [-0.3, -0.25) is 0 Å². The second kappa shape index (κ2) is 6.50. The van der Waals surface area contributed by atoms with Crippen LogP contribution in [0.3, 0.4) is 0 Å². The Bertz CT molecular complexity index is 716. The monoisotopic (exact) mass is 304 g/mol. The number of aromatic hydroxyl groups is 1. The molecule has 0 saturated carbocycles. The van der Waals surface area contributed by atoms with E-state index in [0.717, 1.165) is 48.9 Å². The van der Waals surface area contributed by atoms with Gasteiger partial charge in [0.25, 0.3) is 0 Å². The second-order valence-corrected chi connectivity index (χ2v) is 5.78. The molecule has 1 fully saturated rings. The first-order valence-corrected chi connectivity index (χ1v) is 7.89. The standard InChI is InChI=1S/C17H21NO4/c1-2-11-6-14-12(9-18-10-13-4-3-5-21-13)7-17(20)22-16(14)8-15(11)19/h6-8,13,18-19H,2-5,9-10H2,1H3/p+1/t13-/m1/s1. The number of ether oxygens (including phenoxy) is 1. The minimum absolute atomic E-state index is 0.179. The Kier molecular flexibility index (Phi) is 4.45. The van der Waals surface area contributed by atoms with E-state index >= 15 is 0 Å². The van der Waals surface area contributed by atoms with Crippen molar-refractivity contribution >= 4 is 11.0 Å². The molecule has 1 aromatic heterocycles. The summed E-state index contributed by atoms with van der Waals surface area (Å²) < 4.78 is 10.8. The van der Waals surface area contributed by atoms with Gasteiger partial charge in [0.15, 0.2) is 0 Å². The van der Waals surface area contributed by atoms with Crippen LogP contribution in [0.2, 0.25) is 0 Å². The molecule has 3 rings (SSSR count). The van der Waals surface area contributed by atoms with E-state index in [1.807, 2.05) is 13.0 Å². The molecule has 1 aliphatic heterocycles. The number of hydrogen-bond donors (Lipinski definition) is 2. The predicted molar refractivity (Wildman–Crippen MR) is 83.0 cm³/mol. The smallest absolute Gasteiger partial charge is 0.336 e. The lowest BCUT2D eigenvalue weighted by Crippen LogP contribution is -2.84. The summed E-state index contributed by atoms with van der Waals surface area (Å²) in [6.45, 7) is 4.45. The maximum atomic E-state index is 11.7. The third-order valence-electron chi connectivity index (χ3n) is 4.23. The highest BCUT2D eigenvalue weighted by atomic mass is 16.5. The van der Waals surface area contributed by atoms with Crippen LogP contribution in [0, 0.1) is 0 Å². The van der Waals surface area contributed by atoms with Gasteiger partial charge in [0.05, 0.1) is 0 Å². The van der Waals surface area contributed by atoms with E-state index in [0.29, 0.717) is 18.2 Å². The molecule has 0 radical (unpaired) electrons. The van der Waals surface area contributed by atoms with E-state index in [9.17, 15) is 9.90 Å². The number of aryl methyl sites for hydroxylation is 1. The molecule has 1 aromatic carbocycles. The molecule has 1 aliphatic rings. The summed E-state index contributed by atoms with van der Waals surface area (Å²) in [6, 6.07) is 5.01. The Hall–Kier alpha value is -1.85. The Balaban J connectivity index is 1.85. The molecular formula is C17H22NO4+. The first-order chi connectivity index (χ1) is 10.7. The Morgan fingerprint density at radius 2 is 2.18 bits per heavy atom. The molecule has 2 aromatic rings. The van der Waals surface area contributed by atoms with Crippen molar-refractivity contribution in [3.8, 4) is 5.75 Å². The molecule has 3 N–H and O–H groups in total. The minimum atomic E-state index is -0.378. The Morgan fingerprint density at radius 3 is 2.91 bits per heavy atom. The lowest BCUT2D eigenvalue weighted by Gasteiger charge is -2.10. The van der Waals surface area contributed by atoms with Crippen molar-refractivity contribution in [1.29, 1.82) is 0 Å². The van der Waals surface area contributed by atoms with E-state index in [4.69, 9.17) is 9.15 Å². The maximum Gasteiger partial charge on any atom is 0.336 e. The van der Waals surface area contributed by atoms with Crippen LogP contribution in [0.5, 0.6) is 5.75 Å². The third-order valence-corrected chi connectivity index (χ3v) is 4.23. The molecule has 118 valence electrons. The minimum Gasteiger partial charge on any atom is -0.508 e. The van der Waals surface area contributed by atoms with Gasteiger partial charge in [0, 0.05) is 29.7 Å². The van der Waals surface area contributed by atoms with Crippen LogP contribution in [0.1, 0.15) is 30.9 Å². The molecule has 5 heteroatoms. The number of quaternary nitrogens is 1. The van der Waals surface area contributed by atoms with Gasteiger partial charge in [0.1, 0.15) is 30.5 Å². The van der Waals surface area contributed by atoms with Gasteiger partial charge < -0.3 is 19.6 Å². The van der Waals surface area contributed by atoms with Crippen LogP contribution < -0.4 is 10.9 Å². The highest BCUT2D eigenvalue weighted by molar-refractivity contribution is 5.82. The van der Waals surface area contributed by atoms with Crippen LogP contribution in [-0.2, 0) is 17.7 Å². The highest BCUT2D eigenvalue weighted by Gasteiger charge is 2.17. The van der Waals surface area contributed by atoms with E-state index in [2.05, 4.69) is 5.32 Å². The molecule has 0 unspecified atom stereocenters. The van der Waals surface area contributed by atoms with E-state index < -0.39 is 0 Å². The normalized spacial score (nSPS) is 18.1. The van der Waals surface area contributed by atoms with Crippen molar-refractivity contribution in [3.05, 3.63) is 39.7 Å². The predicted octanol–water partition coefficient (Wildman–Crippen LogP) is 1.30. The van der Waals surface area contributed by atoms with Crippen LogP contribution in [0.4, 0.5) is 0 Å². The van der Waals surface area contributed by atoms with Crippen LogP contribution in [0.25, 0.3) is 11.0 Å². The van der Waals surface area contributed by atoms with Gasteiger partial charge in [-0.1, -0.05) is 6.92 Å². The Morgan fingerprint density at radius 1 is 1.32 bits per heavy atom. The number of hydrogen-bond acceptors (Lipinski definition) is 4. The average molecular weight is 304 g/mol. The number of phenolic OH excluding ortho intramolecular Hbond substituents is 1. The SMILES string of the molecule is CCc1cc2c(C[NH2+]C[C@H]3CCCO3)cc(=O)oc2cc1O. The van der Waals surface area contributed by atoms with Gasteiger partial charge in [-0.2, -0.15) is 0 Å². The first kappa shape index (κ1) is 15.1. The zero-order chi connectivity index (χ0) is 15.5. The quantitative estimate of drug-likeness (QED) is 0.817. The summed E-state index contributed by atoms with van der Waals surface area (Å²) in [6.07, 6.45) is 3.30. The lowest BCUT2D eigenvalue weighted by atomic mass is 10.0. The number of benzene rings is 1. The van der Waals surface area contributed by atoms with Crippen molar-refractivity contribution in [2.75, 3.05) is 13.2 Å². The van der Waals surface area contributed by atoms with Gasteiger partial charge in [0.2, 0.25) is 0 Å². The van der Waals surface area contributed by atoms with Crippen molar-refractivity contribution in [1.82, 2.24) is 0 Å². The highest BCUT2D eigenvalue weighted by Crippen LogP contribution is 2.26. The van der Waals surface area contributed by atoms with E-state index in [1.165, 1.54) is 0 Å². The molecule has 2 heterocycles. The first-order valence-electron chi connectivity index (χ1n) is 7.89. The van der Waals surface area contributed by atoms with Crippen molar-refractivity contribution in [2.24, 2.45) is 0 Å². The second-order valence-electron chi connectivity index (χ2n) is 5.78. The lowest BCUT2D eigenvalue weighted by molar-refractivity contribution is -0.676. The van der Waals surface area contributed by atoms with E-state index in [1.54, 1.807) is 12.1 Å². The fourth-order valence-corrected chi connectivity index (χ4v) is 3.01. The van der Waals surface area contributed by atoms with Gasteiger partial charge in [-0.15, -0.1) is 0 Å². The summed E-state index contributed by atoms with van der Waals surface area (Å²) in [5.74, 6) is 0.179. The Labute approximate surface area is 128 Å². The zero-order valence-electron chi connectivity index (χ0n) is 12.8. The third kappa shape index (κ3) is 3.15.